The van der Waals surface area contributed by atoms with Gasteiger partial charge in [0.2, 0.25) is 11.8 Å². The summed E-state index contributed by atoms with van der Waals surface area (Å²) in [6.07, 6.45) is 5.55. The Morgan fingerprint density at radius 2 is 2.04 bits per heavy atom. The highest BCUT2D eigenvalue weighted by Gasteiger charge is 2.41. The molecule has 2 fully saturated rings. The van der Waals surface area contributed by atoms with E-state index in [1.807, 2.05) is 17.0 Å². The number of hydrogen-bond acceptors (Lipinski definition) is 4. The first-order valence-corrected chi connectivity index (χ1v) is 9.16. The van der Waals surface area contributed by atoms with Crippen molar-refractivity contribution in [2.75, 3.05) is 26.2 Å². The molecule has 6 nitrogen and oxygen atoms in total. The second-order valence-electron chi connectivity index (χ2n) is 7.03. The van der Waals surface area contributed by atoms with Gasteiger partial charge >= 0.3 is 0 Å². The fourth-order valence-corrected chi connectivity index (χ4v) is 3.77. The van der Waals surface area contributed by atoms with Gasteiger partial charge in [-0.05, 0) is 30.5 Å². The molecular formula is C19H27N3O3. The van der Waals surface area contributed by atoms with Crippen LogP contribution in [0.15, 0.2) is 24.5 Å². The molecule has 0 spiro atoms. The number of rotatable bonds is 5. The van der Waals surface area contributed by atoms with Crippen LogP contribution in [-0.2, 0) is 20.9 Å². The van der Waals surface area contributed by atoms with Crippen molar-refractivity contribution in [3.05, 3.63) is 30.1 Å². The van der Waals surface area contributed by atoms with E-state index < -0.39 is 0 Å². The Balaban J connectivity index is 1.62. The van der Waals surface area contributed by atoms with Gasteiger partial charge in [-0.1, -0.05) is 13.8 Å². The fraction of sp³-hybridized carbons (Fsp3) is 0.632. The topological polar surface area (TPSA) is 62.7 Å². The van der Waals surface area contributed by atoms with Crippen LogP contribution in [0.1, 0.15) is 38.7 Å². The van der Waals surface area contributed by atoms with E-state index in [0.717, 1.165) is 18.4 Å². The number of carbonyl (C=O) groups is 2. The predicted molar refractivity (Wildman–Crippen MR) is 93.6 cm³/mol. The number of likely N-dealkylation sites (tertiary alicyclic amines) is 1. The van der Waals surface area contributed by atoms with Crippen LogP contribution in [0.2, 0.25) is 0 Å². The SMILES string of the molecule is CCC1(CC)CN(C(=O)C2CC(=O)N(Cc3ccncc3)C2)CCO1. The molecule has 0 aliphatic carbocycles. The van der Waals surface area contributed by atoms with Crippen molar-refractivity contribution in [1.29, 1.82) is 0 Å². The normalized spacial score (nSPS) is 23.1. The number of morpholine rings is 1. The van der Waals surface area contributed by atoms with Crippen molar-refractivity contribution >= 4 is 11.8 Å². The standard InChI is InChI=1S/C19H27N3O3/c1-3-19(4-2)14-21(9-10-25-19)18(24)16-11-17(23)22(13-16)12-15-5-7-20-8-6-15/h5-8,16H,3-4,9-14H2,1-2H3. The summed E-state index contributed by atoms with van der Waals surface area (Å²) in [6.45, 7) is 7.09. The van der Waals surface area contributed by atoms with Crippen molar-refractivity contribution in [3.63, 3.8) is 0 Å². The summed E-state index contributed by atoms with van der Waals surface area (Å²) in [4.78, 5) is 33.0. The van der Waals surface area contributed by atoms with Gasteiger partial charge in [0.05, 0.1) is 18.1 Å². The predicted octanol–water partition coefficient (Wildman–Crippen LogP) is 1.85. The zero-order chi connectivity index (χ0) is 17.9. The highest BCUT2D eigenvalue weighted by atomic mass is 16.5. The smallest absolute Gasteiger partial charge is 0.228 e. The lowest BCUT2D eigenvalue weighted by Crippen LogP contribution is -2.54. The number of ether oxygens (including phenoxy) is 1. The van der Waals surface area contributed by atoms with Crippen molar-refractivity contribution in [1.82, 2.24) is 14.8 Å². The van der Waals surface area contributed by atoms with Gasteiger partial charge in [0.25, 0.3) is 0 Å². The minimum Gasteiger partial charge on any atom is -0.371 e. The second-order valence-corrected chi connectivity index (χ2v) is 7.03. The molecule has 1 aromatic heterocycles. The summed E-state index contributed by atoms with van der Waals surface area (Å²) in [6, 6.07) is 3.81. The molecule has 3 rings (SSSR count). The first kappa shape index (κ1) is 17.9. The maximum Gasteiger partial charge on any atom is 0.228 e. The molecule has 3 heterocycles. The fourth-order valence-electron chi connectivity index (χ4n) is 3.77. The first-order valence-electron chi connectivity index (χ1n) is 9.16. The zero-order valence-electron chi connectivity index (χ0n) is 15.1. The second kappa shape index (κ2) is 7.52. The molecule has 0 saturated carbocycles. The summed E-state index contributed by atoms with van der Waals surface area (Å²) in [7, 11) is 0. The molecule has 6 heteroatoms. The monoisotopic (exact) mass is 345 g/mol. The molecule has 2 aliphatic heterocycles. The third kappa shape index (κ3) is 3.84. The van der Waals surface area contributed by atoms with E-state index in [2.05, 4.69) is 18.8 Å². The lowest BCUT2D eigenvalue weighted by atomic mass is 9.94. The molecule has 136 valence electrons. The Morgan fingerprint density at radius 1 is 1.32 bits per heavy atom. The van der Waals surface area contributed by atoms with Crippen LogP contribution in [0.4, 0.5) is 0 Å². The summed E-state index contributed by atoms with van der Waals surface area (Å²) < 4.78 is 5.95. The Kier molecular flexibility index (Phi) is 5.37. The van der Waals surface area contributed by atoms with Gasteiger partial charge in [0, 0.05) is 45.0 Å². The lowest BCUT2D eigenvalue weighted by molar-refractivity contribution is -0.155. The molecule has 1 atom stereocenters. The summed E-state index contributed by atoms with van der Waals surface area (Å²) in [5, 5.41) is 0. The average Bonchev–Trinajstić information content (AvgIpc) is 3.02. The third-order valence-corrected chi connectivity index (χ3v) is 5.54. The van der Waals surface area contributed by atoms with E-state index in [4.69, 9.17) is 4.74 Å². The van der Waals surface area contributed by atoms with E-state index >= 15 is 0 Å². The molecule has 2 aliphatic rings. The molecule has 0 radical (unpaired) electrons. The van der Waals surface area contributed by atoms with E-state index in [0.29, 0.717) is 39.2 Å². The molecule has 25 heavy (non-hydrogen) atoms. The van der Waals surface area contributed by atoms with Gasteiger partial charge in [-0.2, -0.15) is 0 Å². The van der Waals surface area contributed by atoms with Gasteiger partial charge in [-0.25, -0.2) is 0 Å². The van der Waals surface area contributed by atoms with Crippen LogP contribution in [0, 0.1) is 5.92 Å². The number of hydrogen-bond donors (Lipinski definition) is 0. The Labute approximate surface area is 149 Å². The molecule has 0 N–H and O–H groups in total. The highest BCUT2D eigenvalue weighted by Crippen LogP contribution is 2.28. The average molecular weight is 345 g/mol. The van der Waals surface area contributed by atoms with Gasteiger partial charge in [-0.3, -0.25) is 14.6 Å². The largest absolute Gasteiger partial charge is 0.371 e. The maximum absolute atomic E-state index is 12.9. The van der Waals surface area contributed by atoms with Crippen molar-refractivity contribution in [2.24, 2.45) is 5.92 Å². The molecule has 2 saturated heterocycles. The van der Waals surface area contributed by atoms with Gasteiger partial charge < -0.3 is 14.5 Å². The third-order valence-electron chi connectivity index (χ3n) is 5.54. The van der Waals surface area contributed by atoms with Crippen molar-refractivity contribution in [2.45, 2.75) is 45.3 Å². The van der Waals surface area contributed by atoms with E-state index in [1.165, 1.54) is 0 Å². The Hall–Kier alpha value is -1.95. The van der Waals surface area contributed by atoms with Crippen LogP contribution < -0.4 is 0 Å². The highest BCUT2D eigenvalue weighted by molar-refractivity contribution is 5.89. The van der Waals surface area contributed by atoms with Crippen molar-refractivity contribution < 1.29 is 14.3 Å². The minimum atomic E-state index is -0.237. The van der Waals surface area contributed by atoms with E-state index in [-0.39, 0.29) is 23.3 Å². The number of aromatic nitrogens is 1. The zero-order valence-corrected chi connectivity index (χ0v) is 15.1. The molecule has 1 aromatic rings. The van der Waals surface area contributed by atoms with Gasteiger partial charge in [0.15, 0.2) is 0 Å². The Morgan fingerprint density at radius 3 is 2.72 bits per heavy atom. The van der Waals surface area contributed by atoms with E-state index in [1.54, 1.807) is 17.3 Å². The van der Waals surface area contributed by atoms with Crippen LogP contribution in [0.5, 0.6) is 0 Å². The van der Waals surface area contributed by atoms with Crippen LogP contribution in [-0.4, -0.2) is 58.4 Å². The minimum absolute atomic E-state index is 0.0562. The summed E-state index contributed by atoms with van der Waals surface area (Å²) in [5.41, 5.74) is 0.812. The van der Waals surface area contributed by atoms with Crippen LogP contribution in [0.25, 0.3) is 0 Å². The number of nitrogens with zero attached hydrogens (tertiary/aromatic N) is 3. The summed E-state index contributed by atoms with van der Waals surface area (Å²) >= 11 is 0. The van der Waals surface area contributed by atoms with Gasteiger partial charge in [-0.15, -0.1) is 0 Å². The number of carbonyl (C=O) groups excluding carboxylic acids is 2. The van der Waals surface area contributed by atoms with Gasteiger partial charge in [0.1, 0.15) is 0 Å². The molecule has 1 unspecified atom stereocenters. The lowest BCUT2D eigenvalue weighted by Gasteiger charge is -2.42. The maximum atomic E-state index is 12.9. The summed E-state index contributed by atoms with van der Waals surface area (Å²) in [5.74, 6) is -0.0836. The molecule has 2 amide bonds. The first-order chi connectivity index (χ1) is 12.1. The van der Waals surface area contributed by atoms with Crippen molar-refractivity contribution in [3.8, 4) is 0 Å². The van der Waals surface area contributed by atoms with Crippen LogP contribution >= 0.6 is 0 Å². The van der Waals surface area contributed by atoms with Crippen LogP contribution in [0.3, 0.4) is 0 Å². The Bertz CT molecular complexity index is 616. The van der Waals surface area contributed by atoms with E-state index in [9.17, 15) is 9.59 Å². The quantitative estimate of drug-likeness (QED) is 0.817. The molecule has 0 bridgehead atoms. The number of pyridine rings is 1. The number of amides is 2. The molecular weight excluding hydrogens is 318 g/mol. The molecule has 0 aromatic carbocycles.